The van der Waals surface area contributed by atoms with Gasteiger partial charge in [0.2, 0.25) is 0 Å². The van der Waals surface area contributed by atoms with Gasteiger partial charge in [-0.15, -0.1) is 0 Å². The van der Waals surface area contributed by atoms with Crippen LogP contribution in [-0.2, 0) is 0 Å². The van der Waals surface area contributed by atoms with Gasteiger partial charge in [0.05, 0.1) is 7.11 Å². The van der Waals surface area contributed by atoms with Crippen LogP contribution < -0.4 is 14.8 Å². The molecule has 4 heteroatoms. The minimum Gasteiger partial charge on any atom is -0.493 e. The summed E-state index contributed by atoms with van der Waals surface area (Å²) < 4.78 is 11.0. The van der Waals surface area contributed by atoms with Crippen molar-refractivity contribution in [2.24, 2.45) is 0 Å². The second kappa shape index (κ2) is 7.50. The van der Waals surface area contributed by atoms with E-state index in [2.05, 4.69) is 23.3 Å². The van der Waals surface area contributed by atoms with Gasteiger partial charge in [0.1, 0.15) is 6.61 Å². The maximum atomic E-state index is 5.71. The molecule has 0 fully saturated rings. The highest BCUT2D eigenvalue weighted by Gasteiger charge is 2.05. The van der Waals surface area contributed by atoms with Gasteiger partial charge in [0.25, 0.3) is 0 Å². The summed E-state index contributed by atoms with van der Waals surface area (Å²) in [4.78, 5) is 4.12. The molecule has 0 unspecified atom stereocenters. The summed E-state index contributed by atoms with van der Waals surface area (Å²) in [5, 5.41) is 3.40. The number of para-hydroxylation sites is 2. The Bertz CT molecular complexity index is 517. The van der Waals surface area contributed by atoms with Crippen LogP contribution in [0.1, 0.15) is 18.5 Å². The molecule has 0 aliphatic carbocycles. The van der Waals surface area contributed by atoms with E-state index in [0.29, 0.717) is 6.61 Å². The van der Waals surface area contributed by atoms with Gasteiger partial charge in [-0.25, -0.2) is 0 Å². The number of hydrogen-bond acceptors (Lipinski definition) is 4. The molecule has 1 aromatic carbocycles. The fourth-order valence-corrected chi connectivity index (χ4v) is 1.92. The van der Waals surface area contributed by atoms with E-state index in [1.165, 1.54) is 5.56 Å². The van der Waals surface area contributed by atoms with E-state index in [-0.39, 0.29) is 6.04 Å². The topological polar surface area (TPSA) is 43.4 Å². The van der Waals surface area contributed by atoms with Gasteiger partial charge in [-0.1, -0.05) is 18.2 Å². The second-order valence-electron chi connectivity index (χ2n) is 4.46. The lowest BCUT2D eigenvalue weighted by Gasteiger charge is -2.15. The van der Waals surface area contributed by atoms with Crippen LogP contribution in [0.25, 0.3) is 0 Å². The molecule has 2 rings (SSSR count). The van der Waals surface area contributed by atoms with Crippen molar-refractivity contribution in [3.8, 4) is 11.5 Å². The number of hydrogen-bond donors (Lipinski definition) is 1. The van der Waals surface area contributed by atoms with Crippen LogP contribution in [0.2, 0.25) is 0 Å². The lowest BCUT2D eigenvalue weighted by Crippen LogP contribution is -2.24. The Kier molecular flexibility index (Phi) is 5.38. The molecule has 1 atom stereocenters. The fraction of sp³-hybridized carbons (Fsp3) is 0.312. The van der Waals surface area contributed by atoms with Crippen LogP contribution >= 0.6 is 0 Å². The molecule has 0 saturated heterocycles. The van der Waals surface area contributed by atoms with E-state index in [4.69, 9.17) is 9.47 Å². The number of pyridine rings is 1. The fourth-order valence-electron chi connectivity index (χ4n) is 1.92. The molecule has 1 heterocycles. The van der Waals surface area contributed by atoms with Gasteiger partial charge in [-0.3, -0.25) is 4.98 Å². The number of benzene rings is 1. The van der Waals surface area contributed by atoms with E-state index < -0.39 is 0 Å². The summed E-state index contributed by atoms with van der Waals surface area (Å²) in [6, 6.07) is 11.9. The molecule has 0 bridgehead atoms. The molecule has 4 nitrogen and oxygen atoms in total. The molecule has 0 aliphatic heterocycles. The van der Waals surface area contributed by atoms with Crippen LogP contribution in [0.15, 0.2) is 48.8 Å². The average Bonchev–Trinajstić information content (AvgIpc) is 2.52. The zero-order chi connectivity index (χ0) is 14.2. The standard InChI is InChI=1S/C16H20N2O2/c1-13(14-6-5-9-17-12-14)18-10-11-20-16-8-4-3-7-15(16)19-2/h3-9,12-13,18H,10-11H2,1-2H3/t13-/m1/s1. The summed E-state index contributed by atoms with van der Waals surface area (Å²) in [6.45, 7) is 3.46. The molecule has 0 aliphatic rings. The summed E-state index contributed by atoms with van der Waals surface area (Å²) >= 11 is 0. The van der Waals surface area contributed by atoms with E-state index in [9.17, 15) is 0 Å². The average molecular weight is 272 g/mol. The Morgan fingerprint density at radius 2 is 1.95 bits per heavy atom. The maximum absolute atomic E-state index is 5.71. The minimum atomic E-state index is 0.255. The zero-order valence-corrected chi connectivity index (χ0v) is 11.9. The first kappa shape index (κ1) is 14.3. The Morgan fingerprint density at radius 1 is 1.15 bits per heavy atom. The van der Waals surface area contributed by atoms with E-state index in [1.807, 2.05) is 36.5 Å². The number of nitrogens with zero attached hydrogens (tertiary/aromatic N) is 1. The second-order valence-corrected chi connectivity index (χ2v) is 4.46. The third-order valence-electron chi connectivity index (χ3n) is 3.06. The van der Waals surface area contributed by atoms with Crippen molar-refractivity contribution >= 4 is 0 Å². The lowest BCUT2D eigenvalue weighted by molar-refractivity contribution is 0.287. The van der Waals surface area contributed by atoms with Crippen LogP contribution in [0.5, 0.6) is 11.5 Å². The highest BCUT2D eigenvalue weighted by atomic mass is 16.5. The summed E-state index contributed by atoms with van der Waals surface area (Å²) in [6.07, 6.45) is 3.65. The Balaban J connectivity index is 1.76. The number of aromatic nitrogens is 1. The molecule has 2 aromatic rings. The third kappa shape index (κ3) is 3.96. The first-order chi connectivity index (χ1) is 9.81. The van der Waals surface area contributed by atoms with Crippen molar-refractivity contribution in [2.75, 3.05) is 20.3 Å². The van der Waals surface area contributed by atoms with Crippen molar-refractivity contribution in [3.05, 3.63) is 54.4 Å². The molecular formula is C16H20N2O2. The van der Waals surface area contributed by atoms with Gasteiger partial charge in [-0.2, -0.15) is 0 Å². The van der Waals surface area contributed by atoms with Gasteiger partial charge < -0.3 is 14.8 Å². The number of ether oxygens (including phenoxy) is 2. The van der Waals surface area contributed by atoms with Gasteiger partial charge in [0, 0.05) is 25.0 Å². The van der Waals surface area contributed by atoms with Gasteiger partial charge in [0.15, 0.2) is 11.5 Å². The van der Waals surface area contributed by atoms with Crippen molar-refractivity contribution in [1.82, 2.24) is 10.3 Å². The summed E-state index contributed by atoms with van der Waals surface area (Å²) in [5.41, 5.74) is 1.17. The smallest absolute Gasteiger partial charge is 0.161 e. The van der Waals surface area contributed by atoms with Gasteiger partial charge >= 0.3 is 0 Å². The molecule has 0 saturated carbocycles. The highest BCUT2D eigenvalue weighted by Crippen LogP contribution is 2.25. The SMILES string of the molecule is COc1ccccc1OCCN[C@H](C)c1cccnc1. The largest absolute Gasteiger partial charge is 0.493 e. The van der Waals surface area contributed by atoms with Crippen molar-refractivity contribution in [1.29, 1.82) is 0 Å². The van der Waals surface area contributed by atoms with E-state index in [1.54, 1.807) is 13.3 Å². The van der Waals surface area contributed by atoms with Crippen molar-refractivity contribution < 1.29 is 9.47 Å². The Hall–Kier alpha value is -2.07. The Labute approximate surface area is 119 Å². The van der Waals surface area contributed by atoms with Crippen LogP contribution in [0.3, 0.4) is 0 Å². The first-order valence-corrected chi connectivity index (χ1v) is 6.70. The van der Waals surface area contributed by atoms with Crippen LogP contribution in [-0.4, -0.2) is 25.2 Å². The predicted molar refractivity (Wildman–Crippen MR) is 79.1 cm³/mol. The molecule has 0 radical (unpaired) electrons. The minimum absolute atomic E-state index is 0.255. The maximum Gasteiger partial charge on any atom is 0.161 e. The van der Waals surface area contributed by atoms with E-state index in [0.717, 1.165) is 18.0 Å². The van der Waals surface area contributed by atoms with Crippen LogP contribution in [0, 0.1) is 0 Å². The highest BCUT2D eigenvalue weighted by molar-refractivity contribution is 5.39. The molecule has 0 amide bonds. The van der Waals surface area contributed by atoms with Crippen molar-refractivity contribution in [2.45, 2.75) is 13.0 Å². The van der Waals surface area contributed by atoms with Crippen molar-refractivity contribution in [3.63, 3.8) is 0 Å². The Morgan fingerprint density at radius 3 is 2.65 bits per heavy atom. The number of methoxy groups -OCH3 is 1. The first-order valence-electron chi connectivity index (χ1n) is 6.70. The normalized spacial score (nSPS) is 11.9. The molecule has 1 aromatic heterocycles. The summed E-state index contributed by atoms with van der Waals surface area (Å²) in [5.74, 6) is 1.53. The molecule has 20 heavy (non-hydrogen) atoms. The molecule has 106 valence electrons. The van der Waals surface area contributed by atoms with E-state index >= 15 is 0 Å². The molecule has 0 spiro atoms. The zero-order valence-electron chi connectivity index (χ0n) is 11.9. The molecule has 1 N–H and O–H groups in total. The number of rotatable bonds is 7. The quantitative estimate of drug-likeness (QED) is 0.787. The predicted octanol–water partition coefficient (Wildman–Crippen LogP) is 2.82. The summed E-state index contributed by atoms with van der Waals surface area (Å²) in [7, 11) is 1.64. The van der Waals surface area contributed by atoms with Gasteiger partial charge in [-0.05, 0) is 30.7 Å². The van der Waals surface area contributed by atoms with Crippen LogP contribution in [0.4, 0.5) is 0 Å². The monoisotopic (exact) mass is 272 g/mol. The number of nitrogens with one attached hydrogen (secondary N) is 1. The lowest BCUT2D eigenvalue weighted by atomic mass is 10.1. The third-order valence-corrected chi connectivity index (χ3v) is 3.06. The molecular weight excluding hydrogens is 252 g/mol.